The van der Waals surface area contributed by atoms with E-state index in [4.69, 9.17) is 13.3 Å². The summed E-state index contributed by atoms with van der Waals surface area (Å²) in [5.74, 6) is -0.297. The van der Waals surface area contributed by atoms with Crippen LogP contribution in [0.4, 0.5) is 0 Å². The number of ketones is 1. The molecule has 0 heterocycles. The van der Waals surface area contributed by atoms with Crippen LogP contribution in [-0.4, -0.2) is 47.7 Å². The van der Waals surface area contributed by atoms with E-state index in [1.54, 1.807) is 0 Å². The van der Waals surface area contributed by atoms with Crippen molar-refractivity contribution in [3.63, 3.8) is 0 Å². The third-order valence-corrected chi connectivity index (χ3v) is 27.0. The maximum atomic E-state index is 14.5. The average Bonchev–Trinajstić information content (AvgIpc) is 2.78. The van der Waals surface area contributed by atoms with Gasteiger partial charge in [-0.25, -0.2) is 0 Å². The molecule has 3 aliphatic carbocycles. The lowest BCUT2D eigenvalue weighted by molar-refractivity contribution is -0.285. The van der Waals surface area contributed by atoms with Crippen LogP contribution in [0.5, 0.6) is 0 Å². The minimum absolute atomic E-state index is 0.0200. The Morgan fingerprint density at radius 1 is 0.818 bits per heavy atom. The van der Waals surface area contributed by atoms with Crippen molar-refractivity contribution >= 4 is 30.7 Å². The van der Waals surface area contributed by atoms with Gasteiger partial charge in [-0.2, -0.15) is 0 Å². The molecular formula is C36H70O5Si3. The van der Waals surface area contributed by atoms with Crippen LogP contribution in [0, 0.1) is 28.6 Å². The number of fused-ring (bicyclic) bond motifs is 3. The summed E-state index contributed by atoms with van der Waals surface area (Å²) in [6, 6.07) is 0. The predicted octanol–water partition coefficient (Wildman–Crippen LogP) is 10.4. The molecule has 2 bridgehead atoms. The molecule has 5 nitrogen and oxygen atoms in total. The predicted molar refractivity (Wildman–Crippen MR) is 192 cm³/mol. The van der Waals surface area contributed by atoms with E-state index >= 15 is 0 Å². The first-order valence-corrected chi connectivity index (χ1v) is 26.1. The van der Waals surface area contributed by atoms with E-state index in [9.17, 15) is 9.90 Å². The van der Waals surface area contributed by atoms with E-state index in [-0.39, 0.29) is 38.1 Å². The molecule has 2 fully saturated rings. The topological polar surface area (TPSA) is 65.0 Å². The van der Waals surface area contributed by atoms with Gasteiger partial charge in [0.2, 0.25) is 8.32 Å². The first kappa shape index (κ1) is 38.2. The van der Waals surface area contributed by atoms with Gasteiger partial charge in [-0.05, 0) is 97.5 Å². The molecule has 6 atom stereocenters. The summed E-state index contributed by atoms with van der Waals surface area (Å²) in [6.07, 6.45) is 5.19. The van der Waals surface area contributed by atoms with Crippen molar-refractivity contribution in [1.82, 2.24) is 0 Å². The van der Waals surface area contributed by atoms with Gasteiger partial charge in [0.25, 0.3) is 0 Å². The third-order valence-electron chi connectivity index (χ3n) is 13.7. The molecule has 0 aromatic rings. The first-order valence-electron chi connectivity index (χ1n) is 17.4. The van der Waals surface area contributed by atoms with E-state index in [1.165, 1.54) is 0 Å². The maximum Gasteiger partial charge on any atom is 0.250 e. The Bertz CT molecular complexity index is 1120. The monoisotopic (exact) mass is 666 g/mol. The molecule has 0 aromatic carbocycles. The highest BCUT2D eigenvalue weighted by Gasteiger charge is 2.65. The van der Waals surface area contributed by atoms with Crippen LogP contribution in [0.25, 0.3) is 0 Å². The largest absolute Gasteiger partial charge is 0.547 e. The Balaban J connectivity index is 2.25. The van der Waals surface area contributed by atoms with Crippen molar-refractivity contribution in [2.75, 3.05) is 0 Å². The van der Waals surface area contributed by atoms with Gasteiger partial charge in [0.05, 0.1) is 11.9 Å². The summed E-state index contributed by atoms with van der Waals surface area (Å²) in [6.45, 7) is 40.7. The van der Waals surface area contributed by atoms with E-state index in [2.05, 4.69) is 128 Å². The molecule has 0 aliphatic heterocycles. The van der Waals surface area contributed by atoms with Gasteiger partial charge >= 0.3 is 0 Å². The van der Waals surface area contributed by atoms with E-state index in [0.29, 0.717) is 25.7 Å². The fourth-order valence-corrected chi connectivity index (χ4v) is 10.9. The molecule has 1 N–H and O–H groups in total. The van der Waals surface area contributed by atoms with Gasteiger partial charge < -0.3 is 18.4 Å². The number of allylic oxidation sites excluding steroid dienone is 2. The molecule has 256 valence electrons. The molecule has 0 radical (unpaired) electrons. The van der Waals surface area contributed by atoms with Crippen molar-refractivity contribution in [3.8, 4) is 0 Å². The van der Waals surface area contributed by atoms with Crippen molar-refractivity contribution in [2.45, 2.75) is 181 Å². The molecule has 44 heavy (non-hydrogen) atoms. The normalized spacial score (nSPS) is 34.1. The molecule has 0 spiro atoms. The SMILES string of the molecule is CC1(C)C2CC=C(O[Si](C)(C)C(C)(C)C)C1C[C@@H]1[C@](O)(O[Si](C)(C)C(C)(C)C)[C@@H](O[Si](C)(C)C(C)(C)C)CC[C@@]1(C)C(=O)C2. The Kier molecular flexibility index (Phi) is 9.91. The molecule has 0 amide bonds. The number of carbonyl (C=O) groups is 1. The second kappa shape index (κ2) is 11.4. The Morgan fingerprint density at radius 3 is 1.80 bits per heavy atom. The van der Waals surface area contributed by atoms with Crippen LogP contribution >= 0.6 is 0 Å². The average molecular weight is 667 g/mol. The number of rotatable bonds is 6. The van der Waals surface area contributed by atoms with Gasteiger partial charge in [0.1, 0.15) is 5.78 Å². The van der Waals surface area contributed by atoms with Crippen LogP contribution in [0.2, 0.25) is 54.4 Å². The summed E-state index contributed by atoms with van der Waals surface area (Å²) >= 11 is 0. The van der Waals surface area contributed by atoms with Crippen molar-refractivity contribution in [2.24, 2.45) is 28.6 Å². The highest BCUT2D eigenvalue weighted by Crippen LogP contribution is 2.62. The standard InChI is InChI=1S/C36H70O5Si3/c1-31(2,3)42(13,14)39-27-20-19-25-23-29(37)35(12)22-21-30(40-43(15,16)32(4,5)6)36(38,41-44(17,18)33(7,8)9)28(35)24-26(27)34(25,10)11/h20,25-26,28,30,38H,19,21-24H2,1-18H3/t25?,26?,28-,30-,35+,36-/m0/s1. The minimum atomic E-state index is -2.50. The molecular weight excluding hydrogens is 597 g/mol. The highest BCUT2D eigenvalue weighted by atomic mass is 28.4. The zero-order chi connectivity index (χ0) is 34.3. The lowest BCUT2D eigenvalue weighted by Crippen LogP contribution is -2.69. The lowest BCUT2D eigenvalue weighted by atomic mass is 9.50. The Morgan fingerprint density at radius 2 is 1.32 bits per heavy atom. The molecule has 0 aromatic heterocycles. The first-order chi connectivity index (χ1) is 19.3. The van der Waals surface area contributed by atoms with Crippen LogP contribution in [-0.2, 0) is 18.1 Å². The van der Waals surface area contributed by atoms with Crippen molar-refractivity contribution < 1.29 is 23.2 Å². The van der Waals surface area contributed by atoms with Crippen molar-refractivity contribution in [1.29, 1.82) is 0 Å². The summed E-state index contributed by atoms with van der Waals surface area (Å²) in [5.41, 5.74) is -0.856. The molecule has 8 heteroatoms. The summed E-state index contributed by atoms with van der Waals surface area (Å²) in [7, 11) is -6.90. The third kappa shape index (κ3) is 6.69. The number of aliphatic hydroxyl groups is 1. The highest BCUT2D eigenvalue weighted by molar-refractivity contribution is 6.75. The summed E-state index contributed by atoms with van der Waals surface area (Å²) < 4.78 is 21.6. The van der Waals surface area contributed by atoms with E-state index < -0.39 is 48.2 Å². The van der Waals surface area contributed by atoms with E-state index in [1.807, 2.05) is 0 Å². The van der Waals surface area contributed by atoms with Crippen LogP contribution in [0.1, 0.15) is 115 Å². The smallest absolute Gasteiger partial charge is 0.250 e. The zero-order valence-electron chi connectivity index (χ0n) is 32.0. The van der Waals surface area contributed by atoms with Gasteiger partial charge in [-0.3, -0.25) is 4.79 Å². The van der Waals surface area contributed by atoms with Gasteiger partial charge in [-0.1, -0.05) is 83.1 Å². The molecule has 2 unspecified atom stereocenters. The fraction of sp³-hybridized carbons (Fsp3) is 0.917. The maximum absolute atomic E-state index is 14.5. The zero-order valence-corrected chi connectivity index (χ0v) is 35.0. The Labute approximate surface area is 275 Å². The Hall–Kier alpha value is -0.259. The molecule has 0 saturated heterocycles. The van der Waals surface area contributed by atoms with Crippen LogP contribution in [0.15, 0.2) is 11.8 Å². The van der Waals surface area contributed by atoms with Gasteiger partial charge in [0, 0.05) is 23.7 Å². The summed E-state index contributed by atoms with van der Waals surface area (Å²) in [5, 5.41) is 13.3. The van der Waals surface area contributed by atoms with Crippen molar-refractivity contribution in [3.05, 3.63) is 11.8 Å². The molecule has 2 saturated carbocycles. The summed E-state index contributed by atoms with van der Waals surface area (Å²) in [4.78, 5) is 14.5. The van der Waals surface area contributed by atoms with Crippen LogP contribution < -0.4 is 0 Å². The molecule has 3 aliphatic rings. The number of Topliss-reactive ketones (excluding diaryl/α,β-unsaturated/α-hetero) is 1. The second-order valence-electron chi connectivity index (χ2n) is 20.1. The number of hydrogen-bond donors (Lipinski definition) is 1. The number of carbonyl (C=O) groups excluding carboxylic acids is 1. The second-order valence-corrected chi connectivity index (χ2v) is 34.3. The fourth-order valence-electron chi connectivity index (χ4n) is 7.01. The van der Waals surface area contributed by atoms with E-state index in [0.717, 1.165) is 12.2 Å². The minimum Gasteiger partial charge on any atom is -0.547 e. The number of hydrogen-bond acceptors (Lipinski definition) is 5. The van der Waals surface area contributed by atoms with Gasteiger partial charge in [-0.15, -0.1) is 0 Å². The quantitative estimate of drug-likeness (QED) is 0.226. The van der Waals surface area contributed by atoms with Crippen LogP contribution in [0.3, 0.4) is 0 Å². The van der Waals surface area contributed by atoms with Gasteiger partial charge in [0.15, 0.2) is 22.4 Å². The lowest BCUT2D eigenvalue weighted by Gasteiger charge is -2.61. The molecule has 3 rings (SSSR count).